The molecule has 0 bridgehead atoms. The molecule has 16 heavy (non-hydrogen) atoms. The van der Waals surface area contributed by atoms with Crippen molar-refractivity contribution >= 4 is 17.2 Å². The Morgan fingerprint density at radius 1 is 1.50 bits per heavy atom. The van der Waals surface area contributed by atoms with Gasteiger partial charge in [0.1, 0.15) is 0 Å². The van der Waals surface area contributed by atoms with Crippen molar-refractivity contribution in [3.05, 3.63) is 21.4 Å². The summed E-state index contributed by atoms with van der Waals surface area (Å²) in [6.45, 7) is 5.32. The third-order valence-electron chi connectivity index (χ3n) is 2.41. The first-order chi connectivity index (χ1) is 7.72. The Hall–Kier alpha value is -0.870. The van der Waals surface area contributed by atoms with E-state index in [0.717, 1.165) is 24.1 Å². The Kier molecular flexibility index (Phi) is 5.49. The van der Waals surface area contributed by atoms with Gasteiger partial charge in [0.15, 0.2) is 0 Å². The normalized spacial score (nSPS) is 10.4. The van der Waals surface area contributed by atoms with Crippen LogP contribution in [-0.4, -0.2) is 19.0 Å². The first kappa shape index (κ1) is 13.2. The predicted molar refractivity (Wildman–Crippen MR) is 69.1 cm³/mol. The smallest absolute Gasteiger partial charge is 0.261 e. The van der Waals surface area contributed by atoms with Crippen LogP contribution in [0.2, 0.25) is 0 Å². The first-order valence-electron chi connectivity index (χ1n) is 5.82. The molecule has 3 nitrogen and oxygen atoms in total. The molecule has 0 aromatic carbocycles. The molecule has 0 aliphatic heterocycles. The van der Waals surface area contributed by atoms with Crippen LogP contribution in [0.4, 0.5) is 0 Å². The van der Waals surface area contributed by atoms with Crippen LogP contribution >= 0.6 is 11.3 Å². The molecule has 0 saturated heterocycles. The number of rotatable bonds is 6. The van der Waals surface area contributed by atoms with E-state index in [1.165, 1.54) is 10.4 Å². The fourth-order valence-electron chi connectivity index (χ4n) is 1.59. The second-order valence-corrected chi connectivity index (χ2v) is 4.84. The Morgan fingerprint density at radius 3 is 2.81 bits per heavy atom. The van der Waals surface area contributed by atoms with Gasteiger partial charge >= 0.3 is 0 Å². The van der Waals surface area contributed by atoms with Crippen LogP contribution in [0, 0.1) is 0 Å². The number of hydrogen-bond acceptors (Lipinski definition) is 3. The molecule has 4 heteroatoms. The van der Waals surface area contributed by atoms with Crippen LogP contribution < -0.4 is 11.1 Å². The first-order valence-corrected chi connectivity index (χ1v) is 6.64. The molecule has 1 aromatic rings. The minimum atomic E-state index is 0.00695. The SMILES string of the molecule is CCCc1sc(C(=O)NCCN)cc1CC. The molecule has 0 atom stereocenters. The molecule has 0 spiro atoms. The van der Waals surface area contributed by atoms with Crippen LogP contribution in [0.5, 0.6) is 0 Å². The van der Waals surface area contributed by atoms with Gasteiger partial charge in [-0.25, -0.2) is 0 Å². The lowest BCUT2D eigenvalue weighted by Gasteiger charge is -1.99. The highest BCUT2D eigenvalue weighted by atomic mass is 32.1. The quantitative estimate of drug-likeness (QED) is 0.798. The van der Waals surface area contributed by atoms with Crippen LogP contribution in [0.1, 0.15) is 40.4 Å². The summed E-state index contributed by atoms with van der Waals surface area (Å²) in [7, 11) is 0. The lowest BCUT2D eigenvalue weighted by atomic mass is 10.1. The van der Waals surface area contributed by atoms with Gasteiger partial charge in [-0.15, -0.1) is 11.3 Å². The van der Waals surface area contributed by atoms with E-state index < -0.39 is 0 Å². The predicted octanol–water partition coefficient (Wildman–Crippen LogP) is 1.95. The van der Waals surface area contributed by atoms with E-state index in [2.05, 4.69) is 19.2 Å². The fraction of sp³-hybridized carbons (Fsp3) is 0.583. The van der Waals surface area contributed by atoms with Gasteiger partial charge in [-0.3, -0.25) is 4.79 Å². The molecule has 3 N–H and O–H groups in total. The topological polar surface area (TPSA) is 55.1 Å². The number of nitrogens with two attached hydrogens (primary N) is 1. The molecule has 1 rings (SSSR count). The molecule has 1 aromatic heterocycles. The number of amides is 1. The van der Waals surface area contributed by atoms with Gasteiger partial charge in [-0.1, -0.05) is 20.3 Å². The lowest BCUT2D eigenvalue weighted by Crippen LogP contribution is -2.28. The van der Waals surface area contributed by atoms with E-state index in [1.807, 2.05) is 6.07 Å². The number of thiophene rings is 1. The molecule has 0 fully saturated rings. The molecule has 1 heterocycles. The van der Waals surface area contributed by atoms with Crippen molar-refractivity contribution in [2.24, 2.45) is 5.73 Å². The molecule has 0 unspecified atom stereocenters. The van der Waals surface area contributed by atoms with Crippen molar-refractivity contribution in [1.82, 2.24) is 5.32 Å². The van der Waals surface area contributed by atoms with E-state index in [9.17, 15) is 4.79 Å². The highest BCUT2D eigenvalue weighted by Gasteiger charge is 2.12. The highest BCUT2D eigenvalue weighted by Crippen LogP contribution is 2.24. The van der Waals surface area contributed by atoms with Crippen molar-refractivity contribution in [2.45, 2.75) is 33.1 Å². The van der Waals surface area contributed by atoms with Crippen LogP contribution in [0.25, 0.3) is 0 Å². The summed E-state index contributed by atoms with van der Waals surface area (Å²) >= 11 is 1.61. The van der Waals surface area contributed by atoms with E-state index in [-0.39, 0.29) is 5.91 Å². The van der Waals surface area contributed by atoms with Gasteiger partial charge in [-0.05, 0) is 24.5 Å². The highest BCUT2D eigenvalue weighted by molar-refractivity contribution is 7.14. The summed E-state index contributed by atoms with van der Waals surface area (Å²) < 4.78 is 0. The molecule has 0 aliphatic rings. The molecule has 1 amide bonds. The molecule has 0 aliphatic carbocycles. The van der Waals surface area contributed by atoms with Crippen molar-refractivity contribution < 1.29 is 4.79 Å². The van der Waals surface area contributed by atoms with Gasteiger partial charge < -0.3 is 11.1 Å². The van der Waals surface area contributed by atoms with E-state index in [4.69, 9.17) is 5.73 Å². The number of hydrogen-bond donors (Lipinski definition) is 2. The van der Waals surface area contributed by atoms with Crippen LogP contribution in [-0.2, 0) is 12.8 Å². The van der Waals surface area contributed by atoms with Crippen LogP contribution in [0.15, 0.2) is 6.07 Å². The second kappa shape index (κ2) is 6.66. The van der Waals surface area contributed by atoms with Crippen LogP contribution in [0.3, 0.4) is 0 Å². The number of carbonyl (C=O) groups excluding carboxylic acids is 1. The average Bonchev–Trinajstić information content (AvgIpc) is 2.69. The second-order valence-electron chi connectivity index (χ2n) is 3.71. The Bertz CT molecular complexity index is 347. The summed E-state index contributed by atoms with van der Waals surface area (Å²) in [5.74, 6) is 0.00695. The summed E-state index contributed by atoms with van der Waals surface area (Å²) in [6, 6.07) is 2.02. The number of carbonyl (C=O) groups is 1. The van der Waals surface area contributed by atoms with Crippen molar-refractivity contribution in [3.8, 4) is 0 Å². The molecule has 0 radical (unpaired) electrons. The summed E-state index contributed by atoms with van der Waals surface area (Å²) in [4.78, 5) is 13.9. The Morgan fingerprint density at radius 2 is 2.25 bits per heavy atom. The van der Waals surface area contributed by atoms with Gasteiger partial charge in [0, 0.05) is 18.0 Å². The standard InChI is InChI=1S/C12H20N2OS/c1-3-5-10-9(4-2)8-11(16-10)12(15)14-7-6-13/h8H,3-7,13H2,1-2H3,(H,14,15). The molecule has 90 valence electrons. The average molecular weight is 240 g/mol. The maximum absolute atomic E-state index is 11.7. The third-order valence-corrected chi connectivity index (χ3v) is 3.64. The summed E-state index contributed by atoms with van der Waals surface area (Å²) in [5.41, 5.74) is 6.66. The van der Waals surface area contributed by atoms with Crippen molar-refractivity contribution in [2.75, 3.05) is 13.1 Å². The third kappa shape index (κ3) is 3.32. The zero-order valence-electron chi connectivity index (χ0n) is 10.0. The van der Waals surface area contributed by atoms with E-state index >= 15 is 0 Å². The number of nitrogens with one attached hydrogen (secondary N) is 1. The van der Waals surface area contributed by atoms with Gasteiger partial charge in [0.25, 0.3) is 5.91 Å². The maximum atomic E-state index is 11.7. The van der Waals surface area contributed by atoms with E-state index in [0.29, 0.717) is 13.1 Å². The monoisotopic (exact) mass is 240 g/mol. The van der Waals surface area contributed by atoms with E-state index in [1.54, 1.807) is 11.3 Å². The maximum Gasteiger partial charge on any atom is 0.261 e. The minimum Gasteiger partial charge on any atom is -0.350 e. The Balaban J connectivity index is 2.77. The van der Waals surface area contributed by atoms with Crippen molar-refractivity contribution in [3.63, 3.8) is 0 Å². The summed E-state index contributed by atoms with van der Waals surface area (Å²) in [6.07, 6.45) is 3.19. The Labute approximate surface area is 101 Å². The zero-order chi connectivity index (χ0) is 12.0. The minimum absolute atomic E-state index is 0.00695. The summed E-state index contributed by atoms with van der Waals surface area (Å²) in [5, 5.41) is 2.80. The largest absolute Gasteiger partial charge is 0.350 e. The molecular formula is C12H20N2OS. The zero-order valence-corrected chi connectivity index (χ0v) is 10.8. The fourth-order valence-corrected chi connectivity index (χ4v) is 2.86. The van der Waals surface area contributed by atoms with Crippen molar-refractivity contribution in [1.29, 1.82) is 0 Å². The van der Waals surface area contributed by atoms with Gasteiger partial charge in [-0.2, -0.15) is 0 Å². The lowest BCUT2D eigenvalue weighted by molar-refractivity contribution is 0.0958. The molecular weight excluding hydrogens is 220 g/mol. The molecule has 0 saturated carbocycles. The number of aryl methyl sites for hydroxylation is 2. The van der Waals surface area contributed by atoms with Gasteiger partial charge in [0.2, 0.25) is 0 Å². The van der Waals surface area contributed by atoms with Gasteiger partial charge in [0.05, 0.1) is 4.88 Å².